The molecule has 1 aliphatic rings. The molecule has 0 bridgehead atoms. The Kier molecular flexibility index (Phi) is 7.39. The third-order valence-corrected chi connectivity index (χ3v) is 6.43. The van der Waals surface area contributed by atoms with Crippen LogP contribution in [0.5, 0.6) is 11.5 Å². The van der Waals surface area contributed by atoms with E-state index in [4.69, 9.17) is 9.47 Å². The van der Waals surface area contributed by atoms with Gasteiger partial charge in [0.1, 0.15) is 16.7 Å². The van der Waals surface area contributed by atoms with Gasteiger partial charge in [0, 0.05) is 12.1 Å². The molecule has 1 aliphatic heterocycles. The molecule has 0 unspecified atom stereocenters. The van der Waals surface area contributed by atoms with E-state index < -0.39 is 5.25 Å². The van der Waals surface area contributed by atoms with Crippen molar-refractivity contribution < 1.29 is 14.3 Å². The van der Waals surface area contributed by atoms with E-state index in [1.807, 2.05) is 67.1 Å². The van der Waals surface area contributed by atoms with Crippen molar-refractivity contribution in [1.82, 2.24) is 14.9 Å². The number of thioether (sulfide) groups is 1. The van der Waals surface area contributed by atoms with E-state index in [0.717, 1.165) is 35.7 Å². The van der Waals surface area contributed by atoms with Crippen molar-refractivity contribution in [3.05, 3.63) is 59.9 Å². The summed E-state index contributed by atoms with van der Waals surface area (Å²) in [6.07, 6.45) is 1.76. The Bertz CT molecular complexity index is 1070. The van der Waals surface area contributed by atoms with Crippen LogP contribution in [0.2, 0.25) is 0 Å². The summed E-state index contributed by atoms with van der Waals surface area (Å²) >= 11 is 1.42. The number of fused-ring (bicyclic) bond motifs is 1. The van der Waals surface area contributed by atoms with E-state index in [-0.39, 0.29) is 11.9 Å². The predicted molar refractivity (Wildman–Crippen MR) is 130 cm³/mol. The number of benzene rings is 2. The summed E-state index contributed by atoms with van der Waals surface area (Å²) in [7, 11) is 0. The van der Waals surface area contributed by atoms with Crippen molar-refractivity contribution in [3.8, 4) is 11.5 Å². The summed E-state index contributed by atoms with van der Waals surface area (Å²) in [4.78, 5) is 13.4. The van der Waals surface area contributed by atoms with Crippen molar-refractivity contribution in [2.24, 2.45) is 0 Å². The lowest BCUT2D eigenvalue weighted by Gasteiger charge is -2.33. The number of amides is 1. The fourth-order valence-electron chi connectivity index (χ4n) is 3.69. The smallest absolute Gasteiger partial charge is 0.240 e. The third kappa shape index (κ3) is 5.24. The van der Waals surface area contributed by atoms with Crippen molar-refractivity contribution >= 4 is 23.4 Å². The average molecular weight is 468 g/mol. The van der Waals surface area contributed by atoms with E-state index in [1.165, 1.54) is 11.8 Å². The molecule has 0 aliphatic carbocycles. The molecule has 0 radical (unpaired) electrons. The number of carbonyl (C=O) groups is 1. The molecule has 0 saturated heterocycles. The largest absolute Gasteiger partial charge is 0.494 e. The van der Waals surface area contributed by atoms with Gasteiger partial charge in [-0.15, -0.1) is 10.2 Å². The topological polar surface area (TPSA) is 90.3 Å². The molecule has 2 aromatic carbocycles. The molecule has 1 amide bonds. The Morgan fingerprint density at radius 1 is 1.00 bits per heavy atom. The van der Waals surface area contributed by atoms with Gasteiger partial charge in [-0.2, -0.15) is 0 Å². The van der Waals surface area contributed by atoms with Crippen LogP contribution in [0.15, 0.2) is 53.7 Å². The Morgan fingerprint density at radius 2 is 1.64 bits per heavy atom. The maximum absolute atomic E-state index is 13.4. The minimum absolute atomic E-state index is 0.109. The highest BCUT2D eigenvalue weighted by Crippen LogP contribution is 2.38. The van der Waals surface area contributed by atoms with Gasteiger partial charge in [-0.3, -0.25) is 4.79 Å². The standard InChI is InChI=1S/C24H29N5O3S/c1-4-7-20-26-27-24-29(20)28-21(16-8-12-18(13-9-16)31-5-2)22(33-24)23(30)25-17-10-14-19(15-11-17)32-6-3/h8-15,21-22,28H,4-7H2,1-3H3,(H,25,30)/t21-,22-/m1/s1. The molecule has 2 N–H and O–H groups in total. The summed E-state index contributed by atoms with van der Waals surface area (Å²) in [5.74, 6) is 2.33. The number of ether oxygens (including phenoxy) is 2. The minimum Gasteiger partial charge on any atom is -0.494 e. The lowest BCUT2D eigenvalue weighted by atomic mass is 10.0. The fraction of sp³-hybridized carbons (Fsp3) is 0.375. The Morgan fingerprint density at radius 3 is 2.24 bits per heavy atom. The molecule has 9 heteroatoms. The maximum atomic E-state index is 13.4. The molecule has 2 heterocycles. The first-order chi connectivity index (χ1) is 16.1. The zero-order valence-electron chi connectivity index (χ0n) is 19.1. The number of carbonyl (C=O) groups excluding carboxylic acids is 1. The Hall–Kier alpha value is -3.20. The summed E-state index contributed by atoms with van der Waals surface area (Å²) < 4.78 is 13.0. The molecule has 174 valence electrons. The van der Waals surface area contributed by atoms with E-state index in [2.05, 4.69) is 27.9 Å². The first kappa shape index (κ1) is 23.0. The number of hydrogen-bond donors (Lipinski definition) is 2. The molecular weight excluding hydrogens is 438 g/mol. The van der Waals surface area contributed by atoms with Crippen molar-refractivity contribution in [2.45, 2.75) is 50.1 Å². The highest BCUT2D eigenvalue weighted by Gasteiger charge is 2.37. The number of aryl methyl sites for hydroxylation is 1. The minimum atomic E-state index is -0.444. The van der Waals surface area contributed by atoms with E-state index in [0.29, 0.717) is 24.1 Å². The normalized spacial score (nSPS) is 17.1. The van der Waals surface area contributed by atoms with Gasteiger partial charge in [-0.25, -0.2) is 4.68 Å². The quantitative estimate of drug-likeness (QED) is 0.481. The van der Waals surface area contributed by atoms with E-state index in [1.54, 1.807) is 0 Å². The monoisotopic (exact) mass is 467 g/mol. The molecule has 3 aromatic rings. The summed E-state index contributed by atoms with van der Waals surface area (Å²) in [5, 5.41) is 11.9. The lowest BCUT2D eigenvalue weighted by Crippen LogP contribution is -2.41. The lowest BCUT2D eigenvalue weighted by molar-refractivity contribution is -0.116. The van der Waals surface area contributed by atoms with Crippen LogP contribution in [0.4, 0.5) is 5.69 Å². The number of nitrogens with one attached hydrogen (secondary N) is 2. The Labute approximate surface area is 198 Å². The van der Waals surface area contributed by atoms with Gasteiger partial charge in [0.05, 0.1) is 19.3 Å². The second-order valence-electron chi connectivity index (χ2n) is 7.58. The van der Waals surface area contributed by atoms with Crippen LogP contribution in [-0.2, 0) is 11.2 Å². The third-order valence-electron chi connectivity index (χ3n) is 5.22. The van der Waals surface area contributed by atoms with Crippen LogP contribution in [0.3, 0.4) is 0 Å². The summed E-state index contributed by atoms with van der Waals surface area (Å²) in [5.41, 5.74) is 5.19. The summed E-state index contributed by atoms with van der Waals surface area (Å²) in [6.45, 7) is 7.20. The molecule has 1 aromatic heterocycles. The molecule has 4 rings (SSSR count). The second kappa shape index (κ2) is 10.6. The van der Waals surface area contributed by atoms with Gasteiger partial charge < -0.3 is 20.2 Å². The number of hydrogen-bond acceptors (Lipinski definition) is 7. The zero-order chi connectivity index (χ0) is 23.2. The van der Waals surface area contributed by atoms with E-state index >= 15 is 0 Å². The fourth-order valence-corrected chi connectivity index (χ4v) is 4.79. The van der Waals surface area contributed by atoms with Crippen molar-refractivity contribution in [1.29, 1.82) is 0 Å². The first-order valence-corrected chi connectivity index (χ1v) is 12.1. The second-order valence-corrected chi connectivity index (χ2v) is 8.69. The van der Waals surface area contributed by atoms with Gasteiger partial charge in [-0.05, 0) is 62.2 Å². The number of aromatic nitrogens is 3. The van der Waals surface area contributed by atoms with Crippen LogP contribution < -0.4 is 20.2 Å². The van der Waals surface area contributed by atoms with E-state index in [9.17, 15) is 4.79 Å². The maximum Gasteiger partial charge on any atom is 0.240 e. The van der Waals surface area contributed by atoms with Gasteiger partial charge in [-0.1, -0.05) is 30.8 Å². The average Bonchev–Trinajstić information content (AvgIpc) is 3.22. The molecule has 0 fully saturated rings. The molecule has 0 saturated carbocycles. The van der Waals surface area contributed by atoms with Gasteiger partial charge in [0.25, 0.3) is 0 Å². The number of nitrogens with zero attached hydrogens (tertiary/aromatic N) is 3. The Balaban J connectivity index is 1.60. The van der Waals surface area contributed by atoms with Gasteiger partial charge in [0.15, 0.2) is 5.82 Å². The van der Waals surface area contributed by atoms with Crippen molar-refractivity contribution in [2.75, 3.05) is 24.0 Å². The summed E-state index contributed by atoms with van der Waals surface area (Å²) in [6, 6.07) is 15.0. The number of rotatable bonds is 9. The van der Waals surface area contributed by atoms with Crippen LogP contribution in [0.1, 0.15) is 44.6 Å². The molecule has 2 atom stereocenters. The molecule has 8 nitrogen and oxygen atoms in total. The first-order valence-electron chi connectivity index (χ1n) is 11.3. The van der Waals surface area contributed by atoms with Crippen LogP contribution in [0, 0.1) is 0 Å². The highest BCUT2D eigenvalue weighted by atomic mass is 32.2. The molecular formula is C24H29N5O3S. The molecule has 33 heavy (non-hydrogen) atoms. The van der Waals surface area contributed by atoms with Crippen LogP contribution >= 0.6 is 11.8 Å². The number of anilines is 1. The SMILES string of the molecule is CCCc1nnc2n1N[C@H](c1ccc(OCC)cc1)[C@H](C(=O)Nc1ccc(OCC)cc1)S2. The molecule has 0 spiro atoms. The van der Waals surface area contributed by atoms with Gasteiger partial charge >= 0.3 is 0 Å². The zero-order valence-corrected chi connectivity index (χ0v) is 19.9. The predicted octanol–water partition coefficient (Wildman–Crippen LogP) is 4.43. The van der Waals surface area contributed by atoms with Crippen LogP contribution in [-0.4, -0.2) is 39.2 Å². The highest BCUT2D eigenvalue weighted by molar-refractivity contribution is 8.00. The van der Waals surface area contributed by atoms with Crippen molar-refractivity contribution in [3.63, 3.8) is 0 Å². The van der Waals surface area contributed by atoms with Crippen LogP contribution in [0.25, 0.3) is 0 Å². The van der Waals surface area contributed by atoms with Gasteiger partial charge in [0.2, 0.25) is 11.1 Å².